The van der Waals surface area contributed by atoms with Gasteiger partial charge in [0.05, 0.1) is 12.5 Å². The minimum Gasteiger partial charge on any atom is -0.480 e. The number of carboxylic acids is 1. The van der Waals surface area contributed by atoms with E-state index in [1.807, 2.05) is 140 Å². The highest BCUT2D eigenvalue weighted by molar-refractivity contribution is 5.92. The van der Waals surface area contributed by atoms with E-state index in [1.54, 1.807) is 0 Å². The highest BCUT2D eigenvalue weighted by atomic mass is 16.5. The van der Waals surface area contributed by atoms with Crippen LogP contribution < -0.4 is 10.6 Å². The molecule has 0 saturated heterocycles. The smallest absolute Gasteiger partial charge is 0.407 e. The maximum Gasteiger partial charge on any atom is 0.407 e. The van der Waals surface area contributed by atoms with E-state index >= 15 is 0 Å². The van der Waals surface area contributed by atoms with E-state index in [9.17, 15) is 29.4 Å². The SMILES string of the molecule is C[C@@H](O)[C@H](NC(=O)OCC1c2ccccc2-c2ccccc21)C(=O)N(C)[C@@H](CC(=O)NC(c1ccccc1)(c1ccccc1)c1ccccc1)C(=O)O. The zero-order valence-corrected chi connectivity index (χ0v) is 29.4. The number of hydrogen-bond donors (Lipinski definition) is 4. The highest BCUT2D eigenvalue weighted by Crippen LogP contribution is 2.44. The summed E-state index contributed by atoms with van der Waals surface area (Å²) in [5, 5.41) is 26.5. The number of aliphatic hydroxyl groups excluding tert-OH is 1. The van der Waals surface area contributed by atoms with Gasteiger partial charge in [0.25, 0.3) is 0 Å². The molecule has 6 rings (SSSR count). The van der Waals surface area contributed by atoms with Gasteiger partial charge in [-0.25, -0.2) is 9.59 Å². The van der Waals surface area contributed by atoms with Crippen LogP contribution in [0.1, 0.15) is 47.1 Å². The molecule has 3 amide bonds. The Balaban J connectivity index is 1.19. The van der Waals surface area contributed by atoms with Crippen LogP contribution in [0.3, 0.4) is 0 Å². The lowest BCUT2D eigenvalue weighted by Crippen LogP contribution is -2.57. The van der Waals surface area contributed by atoms with Gasteiger partial charge in [-0.05, 0) is 45.9 Å². The maximum absolute atomic E-state index is 14.0. The van der Waals surface area contributed by atoms with Gasteiger partial charge in [-0.1, -0.05) is 140 Å². The standard InChI is InChI=1S/C43H41N3O7/c1-28(47)39(44-42(52)53-27-36-34-24-14-12-22-32(34)33-23-13-15-25-35(33)36)40(49)46(2)37(41(50)51)26-38(48)45-43(29-16-6-3-7-17-29,30-18-8-4-9-19-30)31-20-10-5-11-21-31/h3-25,28,36-37,39,47H,26-27H2,1-2H3,(H,44,52)(H,45,48)(H,50,51)/t28-,37+,39+/m1/s1. The summed E-state index contributed by atoms with van der Waals surface area (Å²) >= 11 is 0. The molecule has 0 radical (unpaired) electrons. The number of aliphatic hydroxyl groups is 1. The summed E-state index contributed by atoms with van der Waals surface area (Å²) in [7, 11) is 1.22. The van der Waals surface area contributed by atoms with Crippen LogP contribution in [0.4, 0.5) is 4.79 Å². The summed E-state index contributed by atoms with van der Waals surface area (Å²) < 4.78 is 5.59. The van der Waals surface area contributed by atoms with Gasteiger partial charge in [-0.2, -0.15) is 0 Å². The Morgan fingerprint density at radius 3 is 1.58 bits per heavy atom. The Hall–Kier alpha value is -6.26. The molecule has 0 unspecified atom stereocenters. The molecule has 0 saturated carbocycles. The molecule has 4 N–H and O–H groups in total. The number of aliphatic carboxylic acids is 1. The first-order chi connectivity index (χ1) is 25.6. The summed E-state index contributed by atoms with van der Waals surface area (Å²) in [4.78, 5) is 54.5. The van der Waals surface area contributed by atoms with E-state index in [1.165, 1.54) is 14.0 Å². The number of rotatable bonds is 13. The molecule has 1 aliphatic carbocycles. The summed E-state index contributed by atoms with van der Waals surface area (Å²) in [6.45, 7) is 1.27. The zero-order chi connectivity index (χ0) is 37.5. The minimum atomic E-state index is -1.65. The van der Waals surface area contributed by atoms with Gasteiger partial charge in [-0.3, -0.25) is 9.59 Å². The number of carbonyl (C=O) groups excluding carboxylic acids is 3. The average molecular weight is 712 g/mol. The van der Waals surface area contributed by atoms with Crippen molar-refractivity contribution in [2.45, 2.75) is 43.0 Å². The molecule has 0 bridgehead atoms. The molecule has 5 aromatic carbocycles. The van der Waals surface area contributed by atoms with Crippen molar-refractivity contribution >= 4 is 23.9 Å². The molecule has 270 valence electrons. The van der Waals surface area contributed by atoms with Crippen molar-refractivity contribution in [3.63, 3.8) is 0 Å². The summed E-state index contributed by atoms with van der Waals surface area (Å²) in [5.41, 5.74) is 5.11. The van der Waals surface area contributed by atoms with Crippen molar-refractivity contribution in [2.24, 2.45) is 0 Å². The Morgan fingerprint density at radius 2 is 1.15 bits per heavy atom. The number of likely N-dealkylation sites (N-methyl/N-ethyl adjacent to an activating group) is 1. The fourth-order valence-corrected chi connectivity index (χ4v) is 7.14. The normalized spacial score (nSPS) is 13.8. The van der Waals surface area contributed by atoms with Crippen molar-refractivity contribution in [3.8, 4) is 11.1 Å². The number of carboxylic acid groups (broad SMARTS) is 1. The first-order valence-electron chi connectivity index (χ1n) is 17.4. The van der Waals surface area contributed by atoms with E-state index in [-0.39, 0.29) is 12.5 Å². The van der Waals surface area contributed by atoms with E-state index in [0.29, 0.717) is 0 Å². The zero-order valence-electron chi connectivity index (χ0n) is 29.4. The summed E-state index contributed by atoms with van der Waals surface area (Å²) in [6.07, 6.45) is -3.00. The molecule has 3 atom stereocenters. The first kappa shape index (κ1) is 36.5. The van der Waals surface area contributed by atoms with E-state index < -0.39 is 54.0 Å². The lowest BCUT2D eigenvalue weighted by molar-refractivity contribution is -0.152. The molecule has 53 heavy (non-hydrogen) atoms. The maximum atomic E-state index is 14.0. The number of ether oxygens (including phenoxy) is 1. The molecular weight excluding hydrogens is 670 g/mol. The quantitative estimate of drug-likeness (QED) is 0.115. The van der Waals surface area contributed by atoms with Crippen LogP contribution in [0.2, 0.25) is 0 Å². The summed E-state index contributed by atoms with van der Waals surface area (Å²) in [6, 6.07) is 40.5. The second-order valence-corrected chi connectivity index (χ2v) is 13.1. The van der Waals surface area contributed by atoms with Crippen LogP contribution in [0.25, 0.3) is 11.1 Å². The van der Waals surface area contributed by atoms with Gasteiger partial charge in [0.2, 0.25) is 11.8 Å². The Kier molecular flexibility index (Phi) is 11.0. The summed E-state index contributed by atoms with van der Waals surface area (Å²) in [5.74, 6) is -3.23. The molecule has 0 spiro atoms. The van der Waals surface area contributed by atoms with Crippen molar-refractivity contribution in [2.75, 3.05) is 13.7 Å². The molecule has 0 fully saturated rings. The third-order valence-electron chi connectivity index (χ3n) is 9.79. The van der Waals surface area contributed by atoms with Gasteiger partial charge in [0.1, 0.15) is 24.2 Å². The number of hydrogen-bond acceptors (Lipinski definition) is 6. The predicted octanol–water partition coefficient (Wildman–Crippen LogP) is 5.68. The van der Waals surface area contributed by atoms with E-state index in [2.05, 4.69) is 10.6 Å². The lowest BCUT2D eigenvalue weighted by atomic mass is 9.77. The van der Waals surface area contributed by atoms with Crippen LogP contribution >= 0.6 is 0 Å². The van der Waals surface area contributed by atoms with Crippen molar-refractivity contribution in [1.82, 2.24) is 15.5 Å². The molecule has 0 heterocycles. The monoisotopic (exact) mass is 711 g/mol. The fraction of sp³-hybridized carbons (Fsp3) is 0.209. The van der Waals surface area contributed by atoms with Crippen LogP contribution in [0, 0.1) is 0 Å². The lowest BCUT2D eigenvalue weighted by Gasteiger charge is -2.37. The second-order valence-electron chi connectivity index (χ2n) is 13.1. The largest absolute Gasteiger partial charge is 0.480 e. The fourth-order valence-electron chi connectivity index (χ4n) is 7.14. The van der Waals surface area contributed by atoms with Gasteiger partial charge >= 0.3 is 12.1 Å². The Bertz CT molecular complexity index is 1930. The van der Waals surface area contributed by atoms with Crippen LogP contribution in [-0.4, -0.2) is 70.8 Å². The number of alkyl carbamates (subject to hydrolysis) is 1. The molecule has 0 aromatic heterocycles. The van der Waals surface area contributed by atoms with Gasteiger partial charge < -0.3 is 30.5 Å². The van der Waals surface area contributed by atoms with Gasteiger partial charge in [-0.15, -0.1) is 0 Å². The molecule has 10 nitrogen and oxygen atoms in total. The predicted molar refractivity (Wildman–Crippen MR) is 200 cm³/mol. The van der Waals surface area contributed by atoms with Gasteiger partial charge in [0, 0.05) is 13.0 Å². The topological polar surface area (TPSA) is 145 Å². The Morgan fingerprint density at radius 1 is 0.717 bits per heavy atom. The van der Waals surface area contributed by atoms with E-state index in [4.69, 9.17) is 4.74 Å². The van der Waals surface area contributed by atoms with Crippen molar-refractivity contribution < 1.29 is 34.1 Å². The van der Waals surface area contributed by atoms with E-state index in [0.717, 1.165) is 43.8 Å². The average Bonchev–Trinajstić information content (AvgIpc) is 3.51. The number of nitrogens with one attached hydrogen (secondary N) is 2. The third kappa shape index (κ3) is 7.54. The first-order valence-corrected chi connectivity index (χ1v) is 17.4. The molecule has 1 aliphatic rings. The molecule has 0 aliphatic heterocycles. The number of benzene rings is 5. The third-order valence-corrected chi connectivity index (χ3v) is 9.79. The molecular formula is C43H41N3O7. The highest BCUT2D eigenvalue weighted by Gasteiger charge is 2.41. The second kappa shape index (κ2) is 16.0. The molecule has 5 aromatic rings. The number of carbonyl (C=O) groups is 4. The van der Waals surface area contributed by atoms with Gasteiger partial charge in [0.15, 0.2) is 0 Å². The van der Waals surface area contributed by atoms with Crippen LogP contribution in [0.15, 0.2) is 140 Å². The number of fused-ring (bicyclic) bond motifs is 3. The molecule has 10 heteroatoms. The van der Waals surface area contributed by atoms with Crippen molar-refractivity contribution in [1.29, 1.82) is 0 Å². The minimum absolute atomic E-state index is 0.0274. The van der Waals surface area contributed by atoms with Crippen LogP contribution in [0.5, 0.6) is 0 Å². The van der Waals surface area contributed by atoms with Crippen LogP contribution in [-0.2, 0) is 24.7 Å². The van der Waals surface area contributed by atoms with Crippen molar-refractivity contribution in [3.05, 3.63) is 167 Å². The Labute approximate surface area is 308 Å². The number of amides is 3. The number of nitrogens with zero attached hydrogens (tertiary/aromatic N) is 1.